The van der Waals surface area contributed by atoms with Crippen molar-refractivity contribution in [3.05, 3.63) is 24.2 Å². The Labute approximate surface area is 119 Å². The molecule has 5 nitrogen and oxygen atoms in total. The number of aromatic nitrogens is 1. The number of carbonyl (C=O) groups is 2. The molecule has 2 rings (SSSR count). The van der Waals surface area contributed by atoms with Crippen LogP contribution in [-0.4, -0.2) is 38.5 Å². The zero-order valence-corrected chi connectivity index (χ0v) is 12.0. The monoisotopic (exact) mass is 295 g/mol. The van der Waals surface area contributed by atoms with Crippen LogP contribution in [-0.2, 0) is 9.59 Å². The topological polar surface area (TPSA) is 62.6 Å². The maximum absolute atomic E-state index is 12.2. The second kappa shape index (κ2) is 6.12. The van der Waals surface area contributed by atoms with E-state index in [1.807, 2.05) is 5.38 Å². The fourth-order valence-corrected chi connectivity index (χ4v) is 3.43. The Hall–Kier alpha value is -1.47. The number of carbonyl (C=O) groups excluding carboxylic acids is 2. The molecular weight excluding hydrogens is 282 g/mol. The molecule has 1 amide bonds. The Balaban J connectivity index is 2.23. The van der Waals surface area contributed by atoms with Gasteiger partial charge in [-0.3, -0.25) is 14.5 Å². The summed E-state index contributed by atoms with van der Waals surface area (Å²) in [6.07, 6.45) is 3.54. The first-order valence-corrected chi connectivity index (χ1v) is 7.44. The lowest BCUT2D eigenvalue weighted by molar-refractivity contribution is -0.128. The fourth-order valence-electron chi connectivity index (χ4n) is 1.64. The van der Waals surface area contributed by atoms with Gasteiger partial charge in [0.25, 0.3) is 0 Å². The van der Waals surface area contributed by atoms with E-state index in [9.17, 15) is 9.59 Å². The van der Waals surface area contributed by atoms with Gasteiger partial charge in [-0.2, -0.15) is 4.99 Å². The van der Waals surface area contributed by atoms with Crippen LogP contribution in [0.3, 0.4) is 0 Å². The van der Waals surface area contributed by atoms with E-state index in [1.165, 1.54) is 30.0 Å². The van der Waals surface area contributed by atoms with E-state index in [4.69, 9.17) is 0 Å². The SMILES string of the molecule is C=CCN1C(=O)C(CC(C)=O)S/C1=N/c1nccs1. The van der Waals surface area contributed by atoms with Gasteiger partial charge in [-0.05, 0) is 6.92 Å². The predicted octanol–water partition coefficient (Wildman–Crippen LogP) is 2.24. The Morgan fingerprint density at radius 1 is 1.68 bits per heavy atom. The van der Waals surface area contributed by atoms with Crippen molar-refractivity contribution in [2.75, 3.05) is 6.54 Å². The number of rotatable bonds is 5. The van der Waals surface area contributed by atoms with Crippen molar-refractivity contribution in [1.29, 1.82) is 0 Å². The van der Waals surface area contributed by atoms with Gasteiger partial charge in [0, 0.05) is 24.5 Å². The highest BCUT2D eigenvalue weighted by molar-refractivity contribution is 8.15. The van der Waals surface area contributed by atoms with Crippen LogP contribution in [0.2, 0.25) is 0 Å². The molecule has 0 aromatic carbocycles. The number of amidine groups is 1. The Morgan fingerprint density at radius 3 is 3.05 bits per heavy atom. The third kappa shape index (κ3) is 3.30. The van der Waals surface area contributed by atoms with Crippen LogP contribution in [0.25, 0.3) is 0 Å². The standard InChI is InChI=1S/C12H13N3O2S2/c1-3-5-15-10(17)9(7-8(2)16)19-12(15)14-11-13-4-6-18-11/h3-4,6,9H,1,5,7H2,2H3/b14-12+. The molecule has 1 aromatic heterocycles. The highest BCUT2D eigenvalue weighted by Crippen LogP contribution is 2.31. The normalized spacial score (nSPS) is 21.1. The molecule has 2 heterocycles. The number of thiazole rings is 1. The van der Waals surface area contributed by atoms with Gasteiger partial charge in [0.1, 0.15) is 5.78 Å². The minimum absolute atomic E-state index is 0.0000910. The highest BCUT2D eigenvalue weighted by atomic mass is 32.2. The van der Waals surface area contributed by atoms with Gasteiger partial charge in [-0.15, -0.1) is 17.9 Å². The van der Waals surface area contributed by atoms with E-state index in [-0.39, 0.29) is 23.4 Å². The third-order valence-electron chi connectivity index (χ3n) is 2.42. The summed E-state index contributed by atoms with van der Waals surface area (Å²) < 4.78 is 0. The first-order chi connectivity index (χ1) is 9.11. The molecule has 1 aliphatic heterocycles. The van der Waals surface area contributed by atoms with Crippen molar-refractivity contribution < 1.29 is 9.59 Å². The Morgan fingerprint density at radius 2 is 2.47 bits per heavy atom. The summed E-state index contributed by atoms with van der Waals surface area (Å²) in [5.74, 6) is -0.0877. The van der Waals surface area contributed by atoms with Gasteiger partial charge >= 0.3 is 0 Å². The molecule has 1 saturated heterocycles. The second-order valence-electron chi connectivity index (χ2n) is 3.96. The summed E-state index contributed by atoms with van der Waals surface area (Å²) in [4.78, 5) is 33.3. The van der Waals surface area contributed by atoms with Crippen LogP contribution < -0.4 is 0 Å². The van der Waals surface area contributed by atoms with Crippen molar-refractivity contribution >= 4 is 45.1 Å². The molecule has 0 aliphatic carbocycles. The zero-order chi connectivity index (χ0) is 13.8. The average Bonchev–Trinajstić information content (AvgIpc) is 2.94. The molecular formula is C12H13N3O2S2. The van der Waals surface area contributed by atoms with Crippen molar-refractivity contribution in [2.24, 2.45) is 4.99 Å². The first-order valence-electron chi connectivity index (χ1n) is 5.68. The van der Waals surface area contributed by atoms with Gasteiger partial charge in [-0.1, -0.05) is 17.8 Å². The van der Waals surface area contributed by atoms with Gasteiger partial charge in [-0.25, -0.2) is 4.98 Å². The van der Waals surface area contributed by atoms with Gasteiger partial charge in [0.15, 0.2) is 5.17 Å². The minimum Gasteiger partial charge on any atom is -0.300 e. The highest BCUT2D eigenvalue weighted by Gasteiger charge is 2.38. The van der Waals surface area contributed by atoms with Crippen LogP contribution >= 0.6 is 23.1 Å². The molecule has 1 unspecified atom stereocenters. The molecule has 0 spiro atoms. The van der Waals surface area contributed by atoms with Crippen LogP contribution in [0.15, 0.2) is 29.2 Å². The molecule has 7 heteroatoms. The van der Waals surface area contributed by atoms with Crippen LogP contribution in [0, 0.1) is 0 Å². The molecule has 1 atom stereocenters. The van der Waals surface area contributed by atoms with E-state index >= 15 is 0 Å². The Bertz CT molecular complexity index is 525. The number of hydrogen-bond acceptors (Lipinski definition) is 6. The van der Waals surface area contributed by atoms with Crippen LogP contribution in [0.5, 0.6) is 0 Å². The molecule has 0 radical (unpaired) electrons. The summed E-state index contributed by atoms with van der Waals surface area (Å²) in [7, 11) is 0. The van der Waals surface area contributed by atoms with Crippen molar-refractivity contribution in [3.63, 3.8) is 0 Å². The lowest BCUT2D eigenvalue weighted by atomic mass is 10.2. The summed E-state index contributed by atoms with van der Waals surface area (Å²) in [6.45, 7) is 5.52. The zero-order valence-electron chi connectivity index (χ0n) is 10.4. The summed E-state index contributed by atoms with van der Waals surface area (Å²) in [5, 5.41) is 2.64. The van der Waals surface area contributed by atoms with E-state index in [0.717, 1.165) is 0 Å². The maximum atomic E-state index is 12.2. The van der Waals surface area contributed by atoms with Crippen LogP contribution in [0.1, 0.15) is 13.3 Å². The number of amides is 1. The summed E-state index contributed by atoms with van der Waals surface area (Å²) in [5.41, 5.74) is 0. The molecule has 1 aromatic rings. The molecule has 1 aliphatic rings. The predicted molar refractivity (Wildman–Crippen MR) is 77.8 cm³/mol. The lowest BCUT2D eigenvalue weighted by Gasteiger charge is -2.12. The van der Waals surface area contributed by atoms with Gasteiger partial charge in [0.05, 0.1) is 5.25 Å². The van der Waals surface area contributed by atoms with Crippen molar-refractivity contribution in [1.82, 2.24) is 9.88 Å². The minimum atomic E-state index is -0.379. The number of Topliss-reactive ketones (excluding diaryl/α,β-unsaturated/α-hetero) is 1. The first kappa shape index (κ1) is 14.0. The average molecular weight is 295 g/mol. The van der Waals surface area contributed by atoms with E-state index in [2.05, 4.69) is 16.6 Å². The number of ketones is 1. The molecule has 0 N–H and O–H groups in total. The van der Waals surface area contributed by atoms with Gasteiger partial charge < -0.3 is 0 Å². The molecule has 0 bridgehead atoms. The number of aliphatic imine (C=N–C) groups is 1. The fraction of sp³-hybridized carbons (Fsp3) is 0.333. The second-order valence-corrected chi connectivity index (χ2v) is 6.00. The summed E-state index contributed by atoms with van der Waals surface area (Å²) in [6, 6.07) is 0. The largest absolute Gasteiger partial charge is 0.300 e. The maximum Gasteiger partial charge on any atom is 0.242 e. The number of nitrogens with zero attached hydrogens (tertiary/aromatic N) is 3. The Kier molecular flexibility index (Phi) is 4.49. The molecule has 1 fully saturated rings. The van der Waals surface area contributed by atoms with Crippen LogP contribution in [0.4, 0.5) is 5.13 Å². The number of hydrogen-bond donors (Lipinski definition) is 0. The van der Waals surface area contributed by atoms with Gasteiger partial charge in [0.2, 0.25) is 11.0 Å². The number of thioether (sulfide) groups is 1. The van der Waals surface area contributed by atoms with Crippen molar-refractivity contribution in [3.8, 4) is 0 Å². The smallest absolute Gasteiger partial charge is 0.242 e. The molecule has 19 heavy (non-hydrogen) atoms. The van der Waals surface area contributed by atoms with E-state index < -0.39 is 0 Å². The van der Waals surface area contributed by atoms with Crippen molar-refractivity contribution in [2.45, 2.75) is 18.6 Å². The van der Waals surface area contributed by atoms with E-state index in [1.54, 1.807) is 17.2 Å². The lowest BCUT2D eigenvalue weighted by Crippen LogP contribution is -2.32. The van der Waals surface area contributed by atoms with E-state index in [0.29, 0.717) is 16.8 Å². The summed E-state index contributed by atoms with van der Waals surface area (Å²) >= 11 is 2.72. The molecule has 0 saturated carbocycles. The quantitative estimate of drug-likeness (QED) is 0.782. The third-order valence-corrected chi connectivity index (χ3v) is 4.26. The molecule has 100 valence electrons.